The number of hydrogen-bond donors (Lipinski definition) is 2. The molecular formula is C43H64O4. The van der Waals surface area contributed by atoms with Gasteiger partial charge in [-0.2, -0.15) is 0 Å². The monoisotopic (exact) mass is 644 g/mol. The molecule has 0 atom stereocenters. The Balaban J connectivity index is 2.36. The lowest BCUT2D eigenvalue weighted by molar-refractivity contribution is 0.0696. The van der Waals surface area contributed by atoms with Crippen molar-refractivity contribution < 1.29 is 19.7 Å². The van der Waals surface area contributed by atoms with Gasteiger partial charge in [0.25, 0.3) is 0 Å². The molecule has 0 amide bonds. The van der Waals surface area contributed by atoms with Crippen LogP contribution in [-0.2, 0) is 6.42 Å². The average Bonchev–Trinajstić information content (AvgIpc) is 3.00. The fourth-order valence-corrected chi connectivity index (χ4v) is 5.32. The summed E-state index contributed by atoms with van der Waals surface area (Å²) in [5, 5.41) is 19.7. The lowest BCUT2D eigenvalue weighted by Gasteiger charge is -2.10. The number of carboxylic acid groups (broad SMARTS) is 1. The second-order valence-corrected chi connectivity index (χ2v) is 13.5. The van der Waals surface area contributed by atoms with Crippen LogP contribution < -0.4 is 4.74 Å². The molecule has 260 valence electrons. The van der Waals surface area contributed by atoms with Crippen molar-refractivity contribution in [1.29, 1.82) is 0 Å². The van der Waals surface area contributed by atoms with E-state index in [4.69, 9.17) is 4.74 Å². The van der Waals surface area contributed by atoms with Gasteiger partial charge in [0, 0.05) is 5.56 Å². The number of ether oxygens (including phenoxy) is 1. The largest absolute Gasteiger partial charge is 0.504 e. The van der Waals surface area contributed by atoms with Gasteiger partial charge in [0.05, 0.1) is 12.7 Å². The Morgan fingerprint density at radius 3 is 1.23 bits per heavy atom. The number of carboxylic acids is 1. The molecule has 4 nitrogen and oxygen atoms in total. The van der Waals surface area contributed by atoms with Crippen molar-refractivity contribution in [3.05, 3.63) is 105 Å². The predicted molar refractivity (Wildman–Crippen MR) is 203 cm³/mol. The van der Waals surface area contributed by atoms with Crippen LogP contribution >= 0.6 is 0 Å². The van der Waals surface area contributed by atoms with Crippen LogP contribution in [0, 0.1) is 0 Å². The lowest BCUT2D eigenvalue weighted by Crippen LogP contribution is -2.00. The Hall–Kier alpha value is -3.53. The number of hydrogen-bond acceptors (Lipinski definition) is 3. The van der Waals surface area contributed by atoms with Gasteiger partial charge >= 0.3 is 5.97 Å². The highest BCUT2D eigenvalue weighted by Gasteiger charge is 2.13. The third-order valence-electron chi connectivity index (χ3n) is 8.54. The highest BCUT2D eigenvalue weighted by Crippen LogP contribution is 2.32. The Morgan fingerprint density at radius 1 is 0.574 bits per heavy atom. The molecular weight excluding hydrogens is 580 g/mol. The van der Waals surface area contributed by atoms with Crippen molar-refractivity contribution >= 4 is 5.97 Å². The molecule has 0 saturated heterocycles. The first-order chi connectivity index (χ1) is 22.3. The molecule has 0 aromatic heterocycles. The summed E-state index contributed by atoms with van der Waals surface area (Å²) in [6, 6.07) is 2.86. The van der Waals surface area contributed by atoms with Gasteiger partial charge in [-0.05, 0) is 151 Å². The molecule has 1 aromatic rings. The Kier molecular flexibility index (Phi) is 21.0. The number of carbonyl (C=O) groups is 1. The third-order valence-corrected chi connectivity index (χ3v) is 8.54. The van der Waals surface area contributed by atoms with Crippen LogP contribution in [-0.4, -0.2) is 23.3 Å². The molecule has 0 aliphatic carbocycles. The van der Waals surface area contributed by atoms with Crippen molar-refractivity contribution in [3.8, 4) is 11.5 Å². The number of aromatic carboxylic acids is 1. The Bertz CT molecular complexity index is 1340. The molecule has 47 heavy (non-hydrogen) atoms. The van der Waals surface area contributed by atoms with Crippen LogP contribution in [0.1, 0.15) is 148 Å². The summed E-state index contributed by atoms with van der Waals surface area (Å²) in [7, 11) is 1.42. The van der Waals surface area contributed by atoms with Crippen LogP contribution in [0.5, 0.6) is 11.5 Å². The number of methoxy groups -OCH3 is 1. The van der Waals surface area contributed by atoms with Crippen molar-refractivity contribution in [3.63, 3.8) is 0 Å². The summed E-state index contributed by atoms with van der Waals surface area (Å²) in [6.07, 6.45) is 30.0. The fourth-order valence-electron chi connectivity index (χ4n) is 5.32. The Labute approximate surface area is 287 Å². The van der Waals surface area contributed by atoms with Crippen molar-refractivity contribution in [2.45, 2.75) is 139 Å². The summed E-state index contributed by atoms with van der Waals surface area (Å²) >= 11 is 0. The minimum Gasteiger partial charge on any atom is -0.504 e. The van der Waals surface area contributed by atoms with E-state index in [-0.39, 0.29) is 17.1 Å². The smallest absolute Gasteiger partial charge is 0.335 e. The maximum Gasteiger partial charge on any atom is 0.335 e. The zero-order valence-electron chi connectivity index (χ0n) is 31.1. The minimum absolute atomic E-state index is 0.000759. The van der Waals surface area contributed by atoms with Crippen molar-refractivity contribution in [1.82, 2.24) is 0 Å². The standard InChI is InChI=1S/C43H64O4/c1-32(2)16-10-17-33(3)18-11-19-34(4)20-12-21-35(5)22-13-23-36(6)24-14-25-37(7)26-15-27-38(8)28-29-39-30-40(43(45)46)31-41(47-9)42(39)44/h16,18,20,22,24,26,28,30-31,44H,10-15,17,19,21,23,25,27,29H2,1-9H3,(H,45,46). The van der Waals surface area contributed by atoms with E-state index >= 15 is 0 Å². The molecule has 0 radical (unpaired) electrons. The van der Waals surface area contributed by atoms with Gasteiger partial charge in [-0.1, -0.05) is 81.5 Å². The van der Waals surface area contributed by atoms with E-state index in [2.05, 4.69) is 97.9 Å². The number of phenolic OH excluding ortho intramolecular Hbond substituents is 1. The van der Waals surface area contributed by atoms with E-state index in [0.717, 1.165) is 70.6 Å². The van der Waals surface area contributed by atoms with Gasteiger partial charge in [0.2, 0.25) is 0 Å². The van der Waals surface area contributed by atoms with Gasteiger partial charge in [0.1, 0.15) is 0 Å². The molecule has 0 unspecified atom stereocenters. The quantitative estimate of drug-likeness (QED) is 0.123. The van der Waals surface area contributed by atoms with E-state index in [0.29, 0.717) is 12.0 Å². The number of rotatable bonds is 22. The normalized spacial score (nSPS) is 13.6. The van der Waals surface area contributed by atoms with E-state index in [1.807, 2.05) is 0 Å². The molecule has 0 saturated carbocycles. The van der Waals surface area contributed by atoms with Crippen LogP contribution in [0.25, 0.3) is 0 Å². The third kappa shape index (κ3) is 19.7. The molecule has 4 heteroatoms. The summed E-state index contributed by atoms with van der Waals surface area (Å²) in [4.78, 5) is 11.4. The van der Waals surface area contributed by atoms with E-state index in [9.17, 15) is 15.0 Å². The number of phenols is 1. The number of benzene rings is 1. The summed E-state index contributed by atoms with van der Waals surface area (Å²) in [5.74, 6) is -0.853. The summed E-state index contributed by atoms with van der Waals surface area (Å²) in [6.45, 7) is 17.7. The maximum absolute atomic E-state index is 11.4. The Morgan fingerprint density at radius 2 is 0.915 bits per heavy atom. The lowest BCUT2D eigenvalue weighted by atomic mass is 10.0. The van der Waals surface area contributed by atoms with Gasteiger partial charge in [-0.25, -0.2) is 4.79 Å². The molecule has 0 fully saturated rings. The topological polar surface area (TPSA) is 66.8 Å². The van der Waals surface area contributed by atoms with Gasteiger partial charge in [-0.3, -0.25) is 0 Å². The summed E-state index contributed by atoms with van der Waals surface area (Å²) < 4.78 is 5.14. The average molecular weight is 645 g/mol. The molecule has 0 aliphatic rings. The van der Waals surface area contributed by atoms with Crippen LogP contribution in [0.2, 0.25) is 0 Å². The van der Waals surface area contributed by atoms with Crippen LogP contribution in [0.4, 0.5) is 0 Å². The highest BCUT2D eigenvalue weighted by molar-refractivity contribution is 5.89. The number of allylic oxidation sites excluding steroid dienone is 14. The number of aromatic hydroxyl groups is 1. The van der Waals surface area contributed by atoms with Crippen molar-refractivity contribution in [2.24, 2.45) is 0 Å². The highest BCUT2D eigenvalue weighted by atomic mass is 16.5. The zero-order valence-corrected chi connectivity index (χ0v) is 31.1. The van der Waals surface area contributed by atoms with E-state index < -0.39 is 5.97 Å². The van der Waals surface area contributed by atoms with Gasteiger partial charge in [-0.15, -0.1) is 0 Å². The summed E-state index contributed by atoms with van der Waals surface area (Å²) in [5.41, 5.74) is 10.7. The van der Waals surface area contributed by atoms with E-state index in [1.54, 1.807) is 0 Å². The molecule has 1 rings (SSSR count). The predicted octanol–water partition coefficient (Wildman–Crippen LogP) is 13.0. The molecule has 0 spiro atoms. The van der Waals surface area contributed by atoms with Crippen molar-refractivity contribution in [2.75, 3.05) is 7.11 Å². The second-order valence-electron chi connectivity index (χ2n) is 13.5. The first-order valence-electron chi connectivity index (χ1n) is 17.5. The molecule has 2 N–H and O–H groups in total. The van der Waals surface area contributed by atoms with Crippen LogP contribution in [0.3, 0.4) is 0 Å². The second kappa shape index (κ2) is 23.7. The SMILES string of the molecule is COc1cc(C(=O)O)cc(CC=C(C)CCC=C(C)CCC=C(C)CCC=C(C)CCC=C(C)CCC=C(C)CCC=C(C)C)c1O. The fraction of sp³-hybridized carbons (Fsp3) is 0.512. The first kappa shape index (κ1) is 41.5. The van der Waals surface area contributed by atoms with Crippen LogP contribution in [0.15, 0.2) is 93.7 Å². The first-order valence-corrected chi connectivity index (χ1v) is 17.5. The van der Waals surface area contributed by atoms with Gasteiger partial charge in [0.15, 0.2) is 11.5 Å². The molecule has 0 heterocycles. The van der Waals surface area contributed by atoms with E-state index in [1.165, 1.54) is 64.7 Å². The molecule has 0 bridgehead atoms. The minimum atomic E-state index is -1.04. The zero-order chi connectivity index (χ0) is 35.2. The molecule has 0 aliphatic heterocycles. The van der Waals surface area contributed by atoms with Gasteiger partial charge < -0.3 is 14.9 Å². The molecule has 1 aromatic carbocycles. The maximum atomic E-state index is 11.4.